The van der Waals surface area contributed by atoms with E-state index >= 15 is 0 Å². The molecule has 0 radical (unpaired) electrons. The van der Waals surface area contributed by atoms with Gasteiger partial charge in [0.15, 0.2) is 0 Å². The zero-order valence-electron chi connectivity index (χ0n) is 10.6. The van der Waals surface area contributed by atoms with Gasteiger partial charge in [0.1, 0.15) is 11.5 Å². The number of rotatable bonds is 4. The summed E-state index contributed by atoms with van der Waals surface area (Å²) in [4.78, 5) is 3.63. The lowest BCUT2D eigenvalue weighted by molar-refractivity contribution is -0.137. The summed E-state index contributed by atoms with van der Waals surface area (Å²) < 4.78 is 47.7. The quantitative estimate of drug-likeness (QED) is 0.838. The molecule has 3 nitrogen and oxygen atoms in total. The van der Waals surface area contributed by atoms with Gasteiger partial charge in [-0.1, -0.05) is 0 Å². The molecule has 106 valence electrons. The molecule has 1 aromatic heterocycles. The second kappa shape index (κ2) is 5.81. The summed E-state index contributed by atoms with van der Waals surface area (Å²) in [6.45, 7) is 2.43. The fraction of sp³-hybridized carbons (Fsp3) is 0.214. The minimum Gasteiger partial charge on any atom is -0.494 e. The number of nitrogens with zero attached hydrogens (tertiary/aromatic N) is 1. The molecule has 6 heteroatoms. The molecule has 0 aliphatic rings. The Morgan fingerprint density at radius 1 is 1.00 bits per heavy atom. The maximum atomic E-state index is 12.4. The predicted octanol–water partition coefficient (Wildman–Crippen LogP) is 4.29. The molecule has 0 amide bonds. The van der Waals surface area contributed by atoms with E-state index in [9.17, 15) is 13.2 Å². The summed E-state index contributed by atoms with van der Waals surface area (Å²) in [5, 5.41) is 0. The number of aromatic nitrogens is 1. The number of pyridine rings is 1. The SMILES string of the molecule is CCOc1ccc(Oc2ccc(C(F)(F)F)cn2)cc1. The third-order valence-corrected chi connectivity index (χ3v) is 2.42. The van der Waals surface area contributed by atoms with Crippen molar-refractivity contribution in [3.63, 3.8) is 0 Å². The third kappa shape index (κ3) is 3.63. The van der Waals surface area contributed by atoms with Crippen molar-refractivity contribution in [1.29, 1.82) is 0 Å². The van der Waals surface area contributed by atoms with Gasteiger partial charge in [0.2, 0.25) is 5.88 Å². The average molecular weight is 283 g/mol. The van der Waals surface area contributed by atoms with Crippen molar-refractivity contribution in [2.75, 3.05) is 6.61 Å². The van der Waals surface area contributed by atoms with E-state index in [0.717, 1.165) is 12.3 Å². The van der Waals surface area contributed by atoms with Gasteiger partial charge in [0, 0.05) is 12.3 Å². The largest absolute Gasteiger partial charge is 0.494 e. The fourth-order valence-electron chi connectivity index (χ4n) is 1.50. The van der Waals surface area contributed by atoms with Gasteiger partial charge in [0.25, 0.3) is 0 Å². The Morgan fingerprint density at radius 2 is 1.65 bits per heavy atom. The zero-order valence-corrected chi connectivity index (χ0v) is 10.6. The van der Waals surface area contributed by atoms with Crippen LogP contribution in [0.15, 0.2) is 42.6 Å². The molecule has 1 aromatic carbocycles. The van der Waals surface area contributed by atoms with E-state index in [0.29, 0.717) is 18.1 Å². The number of ether oxygens (including phenoxy) is 2. The summed E-state index contributed by atoms with van der Waals surface area (Å²) >= 11 is 0. The summed E-state index contributed by atoms with van der Waals surface area (Å²) in [5.41, 5.74) is -0.809. The van der Waals surface area contributed by atoms with E-state index in [1.54, 1.807) is 24.3 Å². The van der Waals surface area contributed by atoms with E-state index in [2.05, 4.69) is 4.98 Å². The molecule has 0 atom stereocenters. The van der Waals surface area contributed by atoms with Crippen LogP contribution >= 0.6 is 0 Å². The highest BCUT2D eigenvalue weighted by Gasteiger charge is 2.30. The van der Waals surface area contributed by atoms with Crippen molar-refractivity contribution in [1.82, 2.24) is 4.98 Å². The second-order valence-corrected chi connectivity index (χ2v) is 3.89. The molecule has 0 saturated carbocycles. The number of hydrogen-bond acceptors (Lipinski definition) is 3. The van der Waals surface area contributed by atoms with Gasteiger partial charge < -0.3 is 9.47 Å². The summed E-state index contributed by atoms with van der Waals surface area (Å²) in [6.07, 6.45) is -3.66. The Morgan fingerprint density at radius 3 is 2.15 bits per heavy atom. The molecule has 0 fully saturated rings. The highest BCUT2D eigenvalue weighted by Crippen LogP contribution is 2.30. The molecule has 0 N–H and O–H groups in total. The van der Waals surface area contributed by atoms with E-state index < -0.39 is 11.7 Å². The highest BCUT2D eigenvalue weighted by atomic mass is 19.4. The molecule has 0 unspecified atom stereocenters. The lowest BCUT2D eigenvalue weighted by Gasteiger charge is -2.08. The minimum absolute atomic E-state index is 0.0992. The Hall–Kier alpha value is -2.24. The number of halogens is 3. The van der Waals surface area contributed by atoms with Gasteiger partial charge in [0.05, 0.1) is 12.2 Å². The van der Waals surface area contributed by atoms with E-state index in [1.807, 2.05) is 6.92 Å². The van der Waals surface area contributed by atoms with Gasteiger partial charge in [-0.15, -0.1) is 0 Å². The van der Waals surface area contributed by atoms with Crippen LogP contribution in [0.3, 0.4) is 0 Å². The van der Waals surface area contributed by atoms with Crippen LogP contribution in [-0.2, 0) is 6.18 Å². The van der Waals surface area contributed by atoms with Crippen LogP contribution in [0.4, 0.5) is 13.2 Å². The zero-order chi connectivity index (χ0) is 14.6. The Bertz CT molecular complexity index is 550. The molecule has 1 heterocycles. The van der Waals surface area contributed by atoms with E-state index in [-0.39, 0.29) is 5.88 Å². The van der Waals surface area contributed by atoms with Crippen molar-refractivity contribution < 1.29 is 22.6 Å². The lowest BCUT2D eigenvalue weighted by Crippen LogP contribution is -2.05. The first-order valence-corrected chi connectivity index (χ1v) is 5.93. The van der Waals surface area contributed by atoms with Gasteiger partial charge in [-0.2, -0.15) is 13.2 Å². The van der Waals surface area contributed by atoms with Crippen LogP contribution in [-0.4, -0.2) is 11.6 Å². The molecule has 0 bridgehead atoms. The fourth-order valence-corrected chi connectivity index (χ4v) is 1.50. The van der Waals surface area contributed by atoms with Crippen LogP contribution in [0.2, 0.25) is 0 Å². The topological polar surface area (TPSA) is 31.4 Å². The van der Waals surface area contributed by atoms with Crippen LogP contribution < -0.4 is 9.47 Å². The lowest BCUT2D eigenvalue weighted by atomic mass is 10.3. The van der Waals surface area contributed by atoms with Gasteiger partial charge in [-0.25, -0.2) is 4.98 Å². The Kier molecular flexibility index (Phi) is 4.12. The second-order valence-electron chi connectivity index (χ2n) is 3.89. The highest BCUT2D eigenvalue weighted by molar-refractivity contribution is 5.34. The van der Waals surface area contributed by atoms with Crippen LogP contribution in [0.5, 0.6) is 17.4 Å². The molecule has 0 saturated heterocycles. The maximum Gasteiger partial charge on any atom is 0.417 e. The molecule has 0 aliphatic carbocycles. The van der Waals surface area contributed by atoms with E-state index in [1.165, 1.54) is 6.07 Å². The smallest absolute Gasteiger partial charge is 0.417 e. The number of alkyl halides is 3. The van der Waals surface area contributed by atoms with Crippen molar-refractivity contribution >= 4 is 0 Å². The van der Waals surface area contributed by atoms with E-state index in [4.69, 9.17) is 9.47 Å². The molecule has 2 rings (SSSR count). The Balaban J connectivity index is 2.06. The summed E-state index contributed by atoms with van der Waals surface area (Å²) in [6, 6.07) is 8.84. The first-order chi connectivity index (χ1) is 9.49. The van der Waals surface area contributed by atoms with Crippen molar-refractivity contribution in [2.45, 2.75) is 13.1 Å². The maximum absolute atomic E-state index is 12.4. The molecular formula is C14H12F3NO2. The number of benzene rings is 1. The molecular weight excluding hydrogens is 271 g/mol. The molecule has 0 spiro atoms. The van der Waals surface area contributed by atoms with Gasteiger partial charge in [-0.3, -0.25) is 0 Å². The van der Waals surface area contributed by atoms with Crippen molar-refractivity contribution in [2.24, 2.45) is 0 Å². The van der Waals surface area contributed by atoms with Gasteiger partial charge >= 0.3 is 6.18 Å². The molecule has 2 aromatic rings. The minimum atomic E-state index is -4.40. The normalized spacial score (nSPS) is 11.2. The number of hydrogen-bond donors (Lipinski definition) is 0. The molecule has 0 aliphatic heterocycles. The first kappa shape index (κ1) is 14.2. The summed E-state index contributed by atoms with van der Waals surface area (Å²) in [5.74, 6) is 1.27. The third-order valence-electron chi connectivity index (χ3n) is 2.42. The van der Waals surface area contributed by atoms with Crippen molar-refractivity contribution in [3.8, 4) is 17.4 Å². The summed E-state index contributed by atoms with van der Waals surface area (Å²) in [7, 11) is 0. The van der Waals surface area contributed by atoms with Crippen molar-refractivity contribution in [3.05, 3.63) is 48.2 Å². The van der Waals surface area contributed by atoms with Crippen LogP contribution in [0.25, 0.3) is 0 Å². The molecule has 20 heavy (non-hydrogen) atoms. The van der Waals surface area contributed by atoms with Crippen LogP contribution in [0, 0.1) is 0 Å². The first-order valence-electron chi connectivity index (χ1n) is 5.93. The van der Waals surface area contributed by atoms with Crippen LogP contribution in [0.1, 0.15) is 12.5 Å². The standard InChI is InChI=1S/C14H12F3NO2/c1-2-19-11-4-6-12(7-5-11)20-13-8-3-10(9-18-13)14(15,16)17/h3-9H,2H2,1H3. The monoisotopic (exact) mass is 283 g/mol. The Labute approximate surface area is 114 Å². The van der Waals surface area contributed by atoms with Gasteiger partial charge in [-0.05, 0) is 37.3 Å². The predicted molar refractivity (Wildman–Crippen MR) is 66.9 cm³/mol. The average Bonchev–Trinajstić information content (AvgIpc) is 2.41.